The van der Waals surface area contributed by atoms with Gasteiger partial charge in [0.25, 0.3) is 0 Å². The molecule has 2 rings (SSSR count). The fourth-order valence-corrected chi connectivity index (χ4v) is 2.51. The molecule has 0 unspecified atom stereocenters. The molecule has 0 bridgehead atoms. The van der Waals surface area contributed by atoms with Gasteiger partial charge in [-0.15, -0.1) is 11.3 Å². The van der Waals surface area contributed by atoms with Crippen LogP contribution in [-0.4, -0.2) is 9.55 Å². The van der Waals surface area contributed by atoms with Gasteiger partial charge >= 0.3 is 0 Å². The zero-order valence-electron chi connectivity index (χ0n) is 10.3. The first-order valence-corrected chi connectivity index (χ1v) is 6.49. The second-order valence-electron chi connectivity index (χ2n) is 4.47. The molecular formula is C13H15N3S. The van der Waals surface area contributed by atoms with Gasteiger partial charge in [-0.05, 0) is 12.5 Å². The van der Waals surface area contributed by atoms with Gasteiger partial charge in [0.1, 0.15) is 6.07 Å². The first-order valence-electron chi connectivity index (χ1n) is 5.61. The number of aryl methyl sites for hydroxylation is 1. The van der Waals surface area contributed by atoms with Crippen LogP contribution in [0.2, 0.25) is 0 Å². The molecule has 17 heavy (non-hydrogen) atoms. The second kappa shape index (κ2) is 4.72. The second-order valence-corrected chi connectivity index (χ2v) is 5.36. The van der Waals surface area contributed by atoms with Gasteiger partial charge in [-0.2, -0.15) is 5.26 Å². The van der Waals surface area contributed by atoms with Gasteiger partial charge in [0.15, 0.2) is 0 Å². The van der Waals surface area contributed by atoms with Crippen LogP contribution in [0.1, 0.15) is 41.6 Å². The van der Waals surface area contributed by atoms with Crippen LogP contribution >= 0.6 is 11.3 Å². The van der Waals surface area contributed by atoms with Crippen molar-refractivity contribution in [2.75, 3.05) is 0 Å². The lowest BCUT2D eigenvalue weighted by Crippen LogP contribution is -1.97. The van der Waals surface area contributed by atoms with Crippen molar-refractivity contribution in [3.63, 3.8) is 0 Å². The van der Waals surface area contributed by atoms with Crippen LogP contribution in [0, 0.1) is 18.3 Å². The summed E-state index contributed by atoms with van der Waals surface area (Å²) in [6.07, 6.45) is 3.87. The van der Waals surface area contributed by atoms with Crippen molar-refractivity contribution in [2.45, 2.75) is 33.2 Å². The van der Waals surface area contributed by atoms with E-state index in [0.717, 1.165) is 23.4 Å². The number of aromatic nitrogens is 2. The predicted octanol–water partition coefficient (Wildman–Crippen LogP) is 3.30. The summed E-state index contributed by atoms with van der Waals surface area (Å²) in [6.45, 7) is 6.99. The average molecular weight is 245 g/mol. The molecule has 0 fully saturated rings. The van der Waals surface area contributed by atoms with Crippen LogP contribution in [0.3, 0.4) is 0 Å². The van der Waals surface area contributed by atoms with Crippen molar-refractivity contribution in [3.05, 3.63) is 39.6 Å². The van der Waals surface area contributed by atoms with E-state index in [1.807, 2.05) is 23.9 Å². The molecule has 2 aromatic heterocycles. The van der Waals surface area contributed by atoms with Gasteiger partial charge in [0.2, 0.25) is 0 Å². The van der Waals surface area contributed by atoms with Crippen molar-refractivity contribution in [1.29, 1.82) is 5.26 Å². The molecule has 2 heterocycles. The van der Waals surface area contributed by atoms with E-state index in [0.29, 0.717) is 5.92 Å². The molecule has 88 valence electrons. The van der Waals surface area contributed by atoms with E-state index in [2.05, 4.69) is 30.3 Å². The minimum Gasteiger partial charge on any atom is -0.347 e. The Morgan fingerprint density at radius 2 is 2.24 bits per heavy atom. The molecule has 2 aromatic rings. The van der Waals surface area contributed by atoms with Gasteiger partial charge in [0.05, 0.1) is 22.8 Å². The third-order valence-corrected chi connectivity index (χ3v) is 3.80. The van der Waals surface area contributed by atoms with Gasteiger partial charge < -0.3 is 4.57 Å². The summed E-state index contributed by atoms with van der Waals surface area (Å²) in [5.41, 5.74) is 2.83. The smallest absolute Gasteiger partial charge is 0.101 e. The van der Waals surface area contributed by atoms with Gasteiger partial charge in [-0.3, -0.25) is 0 Å². The molecule has 0 amide bonds. The predicted molar refractivity (Wildman–Crippen MR) is 69.2 cm³/mol. The lowest BCUT2D eigenvalue weighted by Gasteiger charge is -1.99. The highest BCUT2D eigenvalue weighted by molar-refractivity contribution is 7.09. The summed E-state index contributed by atoms with van der Waals surface area (Å²) in [5.74, 6) is 0.481. The van der Waals surface area contributed by atoms with Crippen molar-refractivity contribution in [2.24, 2.45) is 0 Å². The van der Waals surface area contributed by atoms with E-state index >= 15 is 0 Å². The largest absolute Gasteiger partial charge is 0.347 e. The van der Waals surface area contributed by atoms with Gasteiger partial charge in [-0.25, -0.2) is 4.98 Å². The highest BCUT2D eigenvalue weighted by Crippen LogP contribution is 2.20. The molecule has 0 aliphatic carbocycles. The number of nitriles is 1. The van der Waals surface area contributed by atoms with Crippen LogP contribution in [-0.2, 0) is 6.54 Å². The van der Waals surface area contributed by atoms with Crippen molar-refractivity contribution in [1.82, 2.24) is 9.55 Å². The van der Waals surface area contributed by atoms with Crippen LogP contribution in [0.25, 0.3) is 0 Å². The Morgan fingerprint density at radius 3 is 2.76 bits per heavy atom. The van der Waals surface area contributed by atoms with E-state index in [1.54, 1.807) is 11.3 Å². The zero-order chi connectivity index (χ0) is 12.4. The van der Waals surface area contributed by atoms with E-state index in [4.69, 9.17) is 5.26 Å². The number of hydrogen-bond donors (Lipinski definition) is 0. The lowest BCUT2D eigenvalue weighted by atomic mass is 10.2. The molecule has 0 atom stereocenters. The molecule has 0 spiro atoms. The topological polar surface area (TPSA) is 41.6 Å². The molecule has 0 aromatic carbocycles. The maximum absolute atomic E-state index is 8.90. The maximum atomic E-state index is 8.90. The molecule has 3 nitrogen and oxygen atoms in total. The van der Waals surface area contributed by atoms with Crippen molar-refractivity contribution < 1.29 is 0 Å². The standard InChI is InChI=1S/C13H15N3S/c1-9(2)13-15-12(8-17-13)7-16-5-10(3)11(4-14)6-16/h5-6,8-9H,7H2,1-3H3. The highest BCUT2D eigenvalue weighted by Gasteiger charge is 2.07. The number of rotatable bonds is 3. The number of thiazole rings is 1. The first kappa shape index (κ1) is 11.9. The number of nitrogens with zero attached hydrogens (tertiary/aromatic N) is 3. The third-order valence-electron chi connectivity index (χ3n) is 2.61. The minimum absolute atomic E-state index is 0.481. The summed E-state index contributed by atoms with van der Waals surface area (Å²) in [6, 6.07) is 2.19. The molecular weight excluding hydrogens is 230 g/mol. The molecule has 0 radical (unpaired) electrons. The highest BCUT2D eigenvalue weighted by atomic mass is 32.1. The third kappa shape index (κ3) is 2.56. The van der Waals surface area contributed by atoms with Gasteiger partial charge in [-0.1, -0.05) is 13.8 Å². The Hall–Kier alpha value is -1.60. The summed E-state index contributed by atoms with van der Waals surface area (Å²) in [5, 5.41) is 12.2. The molecule has 0 aliphatic rings. The normalized spacial score (nSPS) is 10.8. The zero-order valence-corrected chi connectivity index (χ0v) is 11.1. The summed E-state index contributed by atoms with van der Waals surface area (Å²) in [4.78, 5) is 4.58. The average Bonchev–Trinajstić information content (AvgIpc) is 2.86. The van der Waals surface area contributed by atoms with E-state index in [1.165, 1.54) is 5.01 Å². The van der Waals surface area contributed by atoms with Crippen molar-refractivity contribution in [3.8, 4) is 6.07 Å². The van der Waals surface area contributed by atoms with Crippen LogP contribution in [0.5, 0.6) is 0 Å². The van der Waals surface area contributed by atoms with E-state index in [9.17, 15) is 0 Å². The number of hydrogen-bond acceptors (Lipinski definition) is 3. The fraction of sp³-hybridized carbons (Fsp3) is 0.385. The Labute approximate surface area is 105 Å². The molecule has 4 heteroatoms. The van der Waals surface area contributed by atoms with Crippen LogP contribution in [0.4, 0.5) is 0 Å². The lowest BCUT2D eigenvalue weighted by molar-refractivity contribution is 0.767. The molecule has 0 saturated carbocycles. The molecule has 0 N–H and O–H groups in total. The summed E-state index contributed by atoms with van der Waals surface area (Å²) < 4.78 is 2.02. The first-order chi connectivity index (χ1) is 8.10. The Kier molecular flexibility index (Phi) is 3.30. The Bertz CT molecular complexity index is 557. The Morgan fingerprint density at radius 1 is 1.47 bits per heavy atom. The quantitative estimate of drug-likeness (QED) is 0.832. The van der Waals surface area contributed by atoms with Crippen LogP contribution < -0.4 is 0 Å². The monoisotopic (exact) mass is 245 g/mol. The maximum Gasteiger partial charge on any atom is 0.101 e. The summed E-state index contributed by atoms with van der Waals surface area (Å²) >= 11 is 1.70. The minimum atomic E-state index is 0.481. The van der Waals surface area contributed by atoms with Crippen molar-refractivity contribution >= 4 is 11.3 Å². The SMILES string of the molecule is Cc1cn(Cc2csc(C(C)C)n2)cc1C#N. The fourth-order valence-electron chi connectivity index (χ4n) is 1.68. The summed E-state index contributed by atoms with van der Waals surface area (Å²) in [7, 11) is 0. The molecule has 0 aliphatic heterocycles. The van der Waals surface area contributed by atoms with Gasteiger partial charge in [0, 0.05) is 23.7 Å². The van der Waals surface area contributed by atoms with E-state index < -0.39 is 0 Å². The molecule has 0 saturated heterocycles. The Balaban J connectivity index is 2.17. The van der Waals surface area contributed by atoms with E-state index in [-0.39, 0.29) is 0 Å². The van der Waals surface area contributed by atoms with Crippen LogP contribution in [0.15, 0.2) is 17.8 Å².